The molecule has 0 bridgehead atoms. The number of hydrogen-bond donors (Lipinski definition) is 0. The molecule has 0 aliphatic heterocycles. The largest absolute Gasteiger partial charge is 0.293 e. The van der Waals surface area contributed by atoms with Crippen molar-refractivity contribution < 1.29 is 4.79 Å². The molecule has 104 valence electrons. The molecule has 2 aromatic carbocycles. The second-order valence-corrected chi connectivity index (χ2v) is 4.85. The molecule has 0 unspecified atom stereocenters. The number of hydrogen-bond acceptors (Lipinski definition) is 3. The van der Waals surface area contributed by atoms with Gasteiger partial charge >= 0.3 is 0 Å². The minimum Gasteiger partial charge on any atom is -0.293 e. The maximum atomic E-state index is 12.0. The van der Waals surface area contributed by atoms with Gasteiger partial charge in [-0.05, 0) is 5.56 Å². The maximum absolute atomic E-state index is 12.0. The summed E-state index contributed by atoms with van der Waals surface area (Å²) in [6.45, 7) is 2.09. The molecule has 0 atom stereocenters. The van der Waals surface area contributed by atoms with Crippen LogP contribution < -0.4 is 0 Å². The van der Waals surface area contributed by atoms with Gasteiger partial charge in [-0.1, -0.05) is 65.9 Å². The Balaban J connectivity index is 2.03. The van der Waals surface area contributed by atoms with Gasteiger partial charge in [-0.2, -0.15) is 0 Å². The van der Waals surface area contributed by atoms with Gasteiger partial charge < -0.3 is 0 Å². The van der Waals surface area contributed by atoms with Crippen molar-refractivity contribution in [2.24, 2.45) is 0 Å². The molecule has 4 nitrogen and oxygen atoms in total. The van der Waals surface area contributed by atoms with E-state index in [1.54, 1.807) is 11.6 Å². The van der Waals surface area contributed by atoms with Crippen LogP contribution in [-0.4, -0.2) is 20.8 Å². The van der Waals surface area contributed by atoms with Crippen LogP contribution in [0.1, 0.15) is 23.0 Å². The van der Waals surface area contributed by atoms with Crippen molar-refractivity contribution in [1.82, 2.24) is 15.0 Å². The number of rotatable bonds is 4. The normalized spacial score (nSPS) is 10.5. The molecule has 4 heteroatoms. The Bertz CT molecular complexity index is 748. The second kappa shape index (κ2) is 5.71. The van der Waals surface area contributed by atoms with Gasteiger partial charge in [0.15, 0.2) is 5.78 Å². The third-order valence-corrected chi connectivity index (χ3v) is 3.29. The first kappa shape index (κ1) is 13.2. The third kappa shape index (κ3) is 2.74. The average molecular weight is 277 g/mol. The molecule has 0 spiro atoms. The van der Waals surface area contributed by atoms with Crippen LogP contribution >= 0.6 is 0 Å². The van der Waals surface area contributed by atoms with Crippen LogP contribution in [0.2, 0.25) is 0 Å². The summed E-state index contributed by atoms with van der Waals surface area (Å²) in [6.07, 6.45) is 0. The molecule has 0 N–H and O–H groups in total. The van der Waals surface area contributed by atoms with Crippen molar-refractivity contribution >= 4 is 5.78 Å². The predicted octanol–water partition coefficient (Wildman–Crippen LogP) is 3.20. The summed E-state index contributed by atoms with van der Waals surface area (Å²) < 4.78 is 1.67. The molecule has 0 saturated carbocycles. The monoisotopic (exact) mass is 277 g/mol. The summed E-state index contributed by atoms with van der Waals surface area (Å²) in [5, 5.41) is 8.35. The van der Waals surface area contributed by atoms with Gasteiger partial charge in [-0.15, -0.1) is 5.10 Å². The molecule has 21 heavy (non-hydrogen) atoms. The first-order valence-corrected chi connectivity index (χ1v) is 6.79. The molecule has 3 aromatic rings. The summed E-state index contributed by atoms with van der Waals surface area (Å²) in [6, 6.07) is 19.6. The zero-order chi connectivity index (χ0) is 14.7. The van der Waals surface area contributed by atoms with Gasteiger partial charge in [-0.3, -0.25) is 4.79 Å². The number of carbonyl (C=O) groups excluding carboxylic acids is 1. The minimum atomic E-state index is -0.0326. The molecule has 0 aliphatic carbocycles. The van der Waals surface area contributed by atoms with Crippen LogP contribution in [0.4, 0.5) is 0 Å². The molecule has 0 aliphatic rings. The van der Waals surface area contributed by atoms with Gasteiger partial charge in [-0.25, -0.2) is 4.68 Å². The number of benzene rings is 2. The van der Waals surface area contributed by atoms with E-state index in [0.717, 1.165) is 11.1 Å². The molecule has 0 radical (unpaired) electrons. The maximum Gasteiger partial charge on any atom is 0.180 e. The van der Waals surface area contributed by atoms with E-state index in [-0.39, 0.29) is 5.78 Å². The molecule has 0 amide bonds. The SMILES string of the molecule is CC(=O)c1c(-c2ccccc2)nnn1Cc1ccccc1. The Kier molecular flexibility index (Phi) is 3.60. The van der Waals surface area contributed by atoms with Crippen LogP contribution in [0, 0.1) is 0 Å². The van der Waals surface area contributed by atoms with E-state index in [1.165, 1.54) is 0 Å². The Morgan fingerprint density at radius 2 is 1.62 bits per heavy atom. The highest BCUT2D eigenvalue weighted by atomic mass is 16.1. The van der Waals surface area contributed by atoms with Gasteiger partial charge in [0.25, 0.3) is 0 Å². The molecular weight excluding hydrogens is 262 g/mol. The lowest BCUT2D eigenvalue weighted by atomic mass is 10.1. The van der Waals surface area contributed by atoms with Crippen molar-refractivity contribution in [3.8, 4) is 11.3 Å². The molecule has 1 heterocycles. The zero-order valence-electron chi connectivity index (χ0n) is 11.7. The number of nitrogens with zero attached hydrogens (tertiary/aromatic N) is 3. The third-order valence-electron chi connectivity index (χ3n) is 3.29. The Morgan fingerprint density at radius 1 is 1.00 bits per heavy atom. The van der Waals surface area contributed by atoms with Crippen LogP contribution in [-0.2, 0) is 6.54 Å². The smallest absolute Gasteiger partial charge is 0.180 e. The van der Waals surface area contributed by atoms with Crippen LogP contribution in [0.5, 0.6) is 0 Å². The lowest BCUT2D eigenvalue weighted by Gasteiger charge is -2.05. The molecule has 0 fully saturated rings. The van der Waals surface area contributed by atoms with Crippen LogP contribution in [0.25, 0.3) is 11.3 Å². The molecular formula is C17H15N3O. The van der Waals surface area contributed by atoms with Gasteiger partial charge in [0, 0.05) is 12.5 Å². The van der Waals surface area contributed by atoms with E-state index >= 15 is 0 Å². The van der Waals surface area contributed by atoms with Crippen molar-refractivity contribution in [2.75, 3.05) is 0 Å². The van der Waals surface area contributed by atoms with Crippen molar-refractivity contribution in [3.63, 3.8) is 0 Å². The summed E-state index contributed by atoms with van der Waals surface area (Å²) in [5.74, 6) is -0.0326. The van der Waals surface area contributed by atoms with Crippen LogP contribution in [0.15, 0.2) is 60.7 Å². The second-order valence-electron chi connectivity index (χ2n) is 4.85. The van der Waals surface area contributed by atoms with E-state index in [1.807, 2.05) is 60.7 Å². The number of aromatic nitrogens is 3. The summed E-state index contributed by atoms with van der Waals surface area (Å²) >= 11 is 0. The fourth-order valence-corrected chi connectivity index (χ4v) is 2.32. The van der Waals surface area contributed by atoms with Gasteiger partial charge in [0.2, 0.25) is 0 Å². The minimum absolute atomic E-state index is 0.0326. The summed E-state index contributed by atoms with van der Waals surface area (Å²) in [5.41, 5.74) is 3.18. The zero-order valence-corrected chi connectivity index (χ0v) is 11.7. The highest BCUT2D eigenvalue weighted by Gasteiger charge is 2.18. The van der Waals surface area contributed by atoms with Crippen LogP contribution in [0.3, 0.4) is 0 Å². The molecule has 0 saturated heterocycles. The number of ketones is 1. The van der Waals surface area contributed by atoms with E-state index in [9.17, 15) is 4.79 Å². The average Bonchev–Trinajstić information content (AvgIpc) is 2.93. The summed E-state index contributed by atoms with van der Waals surface area (Å²) in [4.78, 5) is 12.0. The van der Waals surface area contributed by atoms with Gasteiger partial charge in [0.05, 0.1) is 6.54 Å². The lowest BCUT2D eigenvalue weighted by Crippen LogP contribution is -2.10. The lowest BCUT2D eigenvalue weighted by molar-refractivity contribution is 0.100. The summed E-state index contributed by atoms with van der Waals surface area (Å²) in [7, 11) is 0. The predicted molar refractivity (Wildman–Crippen MR) is 81.0 cm³/mol. The Labute approximate surface area is 123 Å². The van der Waals surface area contributed by atoms with Crippen molar-refractivity contribution in [1.29, 1.82) is 0 Å². The van der Waals surface area contributed by atoms with E-state index in [4.69, 9.17) is 0 Å². The topological polar surface area (TPSA) is 47.8 Å². The van der Waals surface area contributed by atoms with E-state index < -0.39 is 0 Å². The first-order chi connectivity index (χ1) is 10.3. The van der Waals surface area contributed by atoms with Crippen molar-refractivity contribution in [3.05, 3.63) is 71.9 Å². The Morgan fingerprint density at radius 3 is 2.24 bits per heavy atom. The highest BCUT2D eigenvalue weighted by molar-refractivity contribution is 5.98. The Hall–Kier alpha value is -2.75. The van der Waals surface area contributed by atoms with Gasteiger partial charge in [0.1, 0.15) is 11.4 Å². The quantitative estimate of drug-likeness (QED) is 0.688. The first-order valence-electron chi connectivity index (χ1n) is 6.79. The number of Topliss-reactive ketones (excluding diaryl/α,β-unsaturated/α-hetero) is 1. The standard InChI is InChI=1S/C17H15N3O/c1-13(21)17-16(15-10-6-3-7-11-15)18-19-20(17)12-14-8-4-2-5-9-14/h2-11H,12H2,1H3. The highest BCUT2D eigenvalue weighted by Crippen LogP contribution is 2.21. The fraction of sp³-hybridized carbons (Fsp3) is 0.118. The molecule has 1 aromatic heterocycles. The molecule has 3 rings (SSSR count). The van der Waals surface area contributed by atoms with Crippen molar-refractivity contribution in [2.45, 2.75) is 13.5 Å². The number of carbonyl (C=O) groups is 1. The van der Waals surface area contributed by atoms with E-state index in [2.05, 4.69) is 10.3 Å². The van der Waals surface area contributed by atoms with E-state index in [0.29, 0.717) is 17.9 Å². The fourth-order valence-electron chi connectivity index (χ4n) is 2.32.